The molecule has 3 aromatic rings. The number of benzene rings is 1. The SMILES string of the molecule is CCNC(=O)Nc1nc2cc(-c3cnc(N4CCC(C)(C(=O)O)CC4)nc3)cc(C(=O)NCC)c2s1. The van der Waals surface area contributed by atoms with Gasteiger partial charge < -0.3 is 20.6 Å². The summed E-state index contributed by atoms with van der Waals surface area (Å²) in [7, 11) is 0. The summed E-state index contributed by atoms with van der Waals surface area (Å²) in [5.74, 6) is -0.466. The smallest absolute Gasteiger partial charge is 0.321 e. The average Bonchev–Trinajstić information content (AvgIpc) is 3.26. The number of amides is 3. The minimum Gasteiger partial charge on any atom is -0.481 e. The predicted octanol–water partition coefficient (Wildman–Crippen LogP) is 3.34. The maximum atomic E-state index is 12.8. The second-order valence-electron chi connectivity index (χ2n) is 8.86. The van der Waals surface area contributed by atoms with Gasteiger partial charge in [-0.15, -0.1) is 0 Å². The number of carboxylic acids is 1. The van der Waals surface area contributed by atoms with E-state index in [2.05, 4.69) is 30.9 Å². The maximum absolute atomic E-state index is 12.8. The summed E-state index contributed by atoms with van der Waals surface area (Å²) in [4.78, 5) is 51.8. The molecule has 0 bridgehead atoms. The Kier molecular flexibility index (Phi) is 7.34. The van der Waals surface area contributed by atoms with E-state index in [0.717, 1.165) is 5.56 Å². The van der Waals surface area contributed by atoms with Crippen LogP contribution in [0, 0.1) is 5.41 Å². The van der Waals surface area contributed by atoms with Crippen LogP contribution >= 0.6 is 11.3 Å². The maximum Gasteiger partial charge on any atom is 0.321 e. The molecule has 0 atom stereocenters. The summed E-state index contributed by atoms with van der Waals surface area (Å²) in [5, 5.41) is 18.0. The first-order valence-electron chi connectivity index (χ1n) is 11.8. The summed E-state index contributed by atoms with van der Waals surface area (Å²) >= 11 is 1.24. The lowest BCUT2D eigenvalue weighted by atomic mass is 9.80. The number of aromatic nitrogens is 3. The molecule has 1 saturated heterocycles. The van der Waals surface area contributed by atoms with Crippen LogP contribution < -0.4 is 20.9 Å². The van der Waals surface area contributed by atoms with Crippen LogP contribution in [0.25, 0.3) is 21.3 Å². The van der Waals surface area contributed by atoms with E-state index in [9.17, 15) is 19.5 Å². The molecule has 12 heteroatoms. The highest BCUT2D eigenvalue weighted by Crippen LogP contribution is 2.35. The van der Waals surface area contributed by atoms with Gasteiger partial charge in [0.1, 0.15) is 0 Å². The lowest BCUT2D eigenvalue weighted by molar-refractivity contribution is -0.149. The molecule has 0 radical (unpaired) electrons. The highest BCUT2D eigenvalue weighted by atomic mass is 32.1. The van der Waals surface area contributed by atoms with E-state index in [4.69, 9.17) is 0 Å². The fourth-order valence-corrected chi connectivity index (χ4v) is 4.98. The largest absolute Gasteiger partial charge is 0.481 e. The summed E-state index contributed by atoms with van der Waals surface area (Å²) < 4.78 is 0.670. The number of fused-ring (bicyclic) bond motifs is 1. The summed E-state index contributed by atoms with van der Waals surface area (Å²) in [5.41, 5.74) is 1.75. The Hall–Kier alpha value is -3.80. The molecule has 36 heavy (non-hydrogen) atoms. The molecular formula is C24H29N7O4S. The number of carbonyl (C=O) groups excluding carboxylic acids is 2. The van der Waals surface area contributed by atoms with Crippen LogP contribution in [-0.4, -0.2) is 64.1 Å². The van der Waals surface area contributed by atoms with Crippen molar-refractivity contribution in [2.45, 2.75) is 33.6 Å². The third kappa shape index (κ3) is 5.23. The van der Waals surface area contributed by atoms with Gasteiger partial charge in [0.25, 0.3) is 5.91 Å². The second kappa shape index (κ2) is 10.4. The molecule has 1 fully saturated rings. The van der Waals surface area contributed by atoms with Crippen molar-refractivity contribution in [3.8, 4) is 11.1 Å². The van der Waals surface area contributed by atoms with Gasteiger partial charge in [-0.3, -0.25) is 14.9 Å². The number of hydrogen-bond donors (Lipinski definition) is 4. The van der Waals surface area contributed by atoms with E-state index in [1.807, 2.05) is 24.8 Å². The Labute approximate surface area is 212 Å². The molecule has 0 saturated carbocycles. The summed E-state index contributed by atoms with van der Waals surface area (Å²) in [6.45, 7) is 7.53. The Bertz CT molecular complexity index is 1280. The Morgan fingerprint density at radius 2 is 1.72 bits per heavy atom. The molecule has 1 aliphatic heterocycles. The van der Waals surface area contributed by atoms with Gasteiger partial charge in [0.05, 0.1) is 21.2 Å². The number of urea groups is 1. The van der Waals surface area contributed by atoms with Gasteiger partial charge in [0.15, 0.2) is 5.13 Å². The number of aliphatic carboxylic acids is 1. The molecular weight excluding hydrogens is 482 g/mol. The fourth-order valence-electron chi connectivity index (χ4n) is 4.03. The molecule has 4 N–H and O–H groups in total. The highest BCUT2D eigenvalue weighted by molar-refractivity contribution is 7.22. The molecule has 1 aromatic carbocycles. The van der Waals surface area contributed by atoms with Crippen molar-refractivity contribution in [3.05, 3.63) is 30.1 Å². The predicted molar refractivity (Wildman–Crippen MR) is 139 cm³/mol. The molecule has 0 spiro atoms. The first-order chi connectivity index (χ1) is 17.2. The molecule has 1 aliphatic rings. The van der Waals surface area contributed by atoms with Crippen LogP contribution in [0.2, 0.25) is 0 Å². The first-order valence-corrected chi connectivity index (χ1v) is 12.6. The van der Waals surface area contributed by atoms with Crippen LogP contribution in [0.1, 0.15) is 44.0 Å². The van der Waals surface area contributed by atoms with Gasteiger partial charge >= 0.3 is 12.0 Å². The number of nitrogens with one attached hydrogen (secondary N) is 3. The average molecular weight is 512 g/mol. The van der Waals surface area contributed by atoms with Crippen molar-refractivity contribution >= 4 is 50.5 Å². The van der Waals surface area contributed by atoms with E-state index in [0.29, 0.717) is 71.4 Å². The molecule has 0 unspecified atom stereocenters. The number of carboxylic acid groups (broad SMARTS) is 1. The van der Waals surface area contributed by atoms with Crippen molar-refractivity contribution in [2.75, 3.05) is 36.4 Å². The van der Waals surface area contributed by atoms with Crippen molar-refractivity contribution in [2.24, 2.45) is 5.41 Å². The number of piperidine rings is 1. The number of anilines is 2. The second-order valence-corrected chi connectivity index (χ2v) is 9.86. The zero-order chi connectivity index (χ0) is 25.9. The van der Waals surface area contributed by atoms with Crippen molar-refractivity contribution in [3.63, 3.8) is 0 Å². The number of rotatable bonds is 7. The third-order valence-electron chi connectivity index (χ3n) is 6.27. The summed E-state index contributed by atoms with van der Waals surface area (Å²) in [6.07, 6.45) is 4.43. The molecule has 3 amide bonds. The molecule has 4 rings (SSSR count). The van der Waals surface area contributed by atoms with Crippen LogP contribution in [0.3, 0.4) is 0 Å². The zero-order valence-electron chi connectivity index (χ0n) is 20.4. The lowest BCUT2D eigenvalue weighted by Gasteiger charge is -2.36. The number of hydrogen-bond acceptors (Lipinski definition) is 8. The Morgan fingerprint density at radius 3 is 2.33 bits per heavy atom. The zero-order valence-corrected chi connectivity index (χ0v) is 21.2. The molecule has 3 heterocycles. The van der Waals surface area contributed by atoms with E-state index >= 15 is 0 Å². The fraction of sp³-hybridized carbons (Fsp3) is 0.417. The standard InChI is InChI=1S/C24H29N7O4S/c1-4-25-19(32)16-10-14(11-17-18(16)36-23(29-17)30-22(35)26-5-2)15-12-27-21(28-13-15)31-8-6-24(3,7-9-31)20(33)34/h10-13H,4-9H2,1-3H3,(H,25,32)(H,33,34)(H2,26,29,30,35). The van der Waals surface area contributed by atoms with Gasteiger partial charge in [-0.25, -0.2) is 19.7 Å². The molecule has 11 nitrogen and oxygen atoms in total. The topological polar surface area (TPSA) is 149 Å². The van der Waals surface area contributed by atoms with E-state index in [1.54, 1.807) is 25.4 Å². The van der Waals surface area contributed by atoms with Crippen LogP contribution in [0.4, 0.5) is 15.9 Å². The lowest BCUT2D eigenvalue weighted by Crippen LogP contribution is -2.43. The number of carbonyl (C=O) groups is 3. The minimum atomic E-state index is -0.775. The normalized spacial score (nSPS) is 14.9. The van der Waals surface area contributed by atoms with Crippen molar-refractivity contribution in [1.29, 1.82) is 0 Å². The Balaban J connectivity index is 1.62. The van der Waals surface area contributed by atoms with Gasteiger partial charge in [0, 0.05) is 44.1 Å². The van der Waals surface area contributed by atoms with Gasteiger partial charge in [-0.05, 0) is 51.3 Å². The van der Waals surface area contributed by atoms with Gasteiger partial charge in [-0.1, -0.05) is 11.3 Å². The van der Waals surface area contributed by atoms with Crippen LogP contribution in [-0.2, 0) is 4.79 Å². The molecule has 190 valence electrons. The monoisotopic (exact) mass is 511 g/mol. The van der Waals surface area contributed by atoms with E-state index < -0.39 is 11.4 Å². The summed E-state index contributed by atoms with van der Waals surface area (Å²) in [6, 6.07) is 3.26. The van der Waals surface area contributed by atoms with Crippen LogP contribution in [0.15, 0.2) is 24.5 Å². The van der Waals surface area contributed by atoms with Crippen molar-refractivity contribution in [1.82, 2.24) is 25.6 Å². The van der Waals surface area contributed by atoms with Crippen LogP contribution in [0.5, 0.6) is 0 Å². The minimum absolute atomic E-state index is 0.232. The van der Waals surface area contributed by atoms with Crippen molar-refractivity contribution < 1.29 is 19.5 Å². The third-order valence-corrected chi connectivity index (χ3v) is 7.29. The molecule has 0 aliphatic carbocycles. The van der Waals surface area contributed by atoms with E-state index in [-0.39, 0.29) is 11.9 Å². The van der Waals surface area contributed by atoms with E-state index in [1.165, 1.54) is 11.3 Å². The molecule has 2 aromatic heterocycles. The number of thiazole rings is 1. The van der Waals surface area contributed by atoms with Gasteiger partial charge in [-0.2, -0.15) is 0 Å². The quantitative estimate of drug-likeness (QED) is 0.377. The first kappa shape index (κ1) is 25.3. The highest BCUT2D eigenvalue weighted by Gasteiger charge is 2.37. The Morgan fingerprint density at radius 1 is 1.06 bits per heavy atom. The number of nitrogens with zero attached hydrogens (tertiary/aromatic N) is 4. The van der Waals surface area contributed by atoms with Gasteiger partial charge in [0.2, 0.25) is 5.95 Å².